The van der Waals surface area contributed by atoms with Gasteiger partial charge >= 0.3 is 0 Å². The average molecular weight is 230 g/mol. The van der Waals surface area contributed by atoms with Crippen molar-refractivity contribution < 1.29 is 0 Å². The van der Waals surface area contributed by atoms with Gasteiger partial charge in [-0.15, -0.1) is 0 Å². The van der Waals surface area contributed by atoms with Crippen LogP contribution in [0.15, 0.2) is 24.5 Å². The van der Waals surface area contributed by atoms with Gasteiger partial charge in [0.1, 0.15) is 5.52 Å². The van der Waals surface area contributed by atoms with Gasteiger partial charge in [-0.05, 0) is 26.1 Å². The van der Waals surface area contributed by atoms with Crippen molar-refractivity contribution in [2.45, 2.75) is 13.0 Å². The molecule has 2 heterocycles. The molecule has 0 bridgehead atoms. The lowest BCUT2D eigenvalue weighted by Gasteiger charge is -2.39. The minimum absolute atomic E-state index is 0.595. The van der Waals surface area contributed by atoms with E-state index in [0.29, 0.717) is 6.04 Å². The van der Waals surface area contributed by atoms with Gasteiger partial charge in [0.15, 0.2) is 0 Å². The van der Waals surface area contributed by atoms with Crippen LogP contribution in [0.2, 0.25) is 0 Å². The van der Waals surface area contributed by atoms with Crippen LogP contribution in [0.4, 0.5) is 5.69 Å². The van der Waals surface area contributed by atoms with E-state index in [1.165, 1.54) is 5.69 Å². The van der Waals surface area contributed by atoms with E-state index in [1.807, 2.05) is 0 Å². The van der Waals surface area contributed by atoms with Crippen LogP contribution in [0.3, 0.4) is 0 Å². The molecule has 1 aromatic carbocycles. The number of hydrogen-bond acceptors (Lipinski definition) is 3. The summed E-state index contributed by atoms with van der Waals surface area (Å²) in [6.45, 7) is 5.54. The second-order valence-electron chi connectivity index (χ2n) is 4.85. The fourth-order valence-electron chi connectivity index (χ4n) is 2.47. The van der Waals surface area contributed by atoms with Crippen LogP contribution >= 0.6 is 0 Å². The van der Waals surface area contributed by atoms with Crippen LogP contribution in [0.1, 0.15) is 6.92 Å². The predicted octanol–water partition coefficient (Wildman–Crippen LogP) is 1.70. The number of fused-ring (bicyclic) bond motifs is 1. The van der Waals surface area contributed by atoms with Gasteiger partial charge in [-0.25, -0.2) is 4.98 Å². The second-order valence-corrected chi connectivity index (χ2v) is 4.85. The molecule has 1 atom stereocenters. The Kier molecular flexibility index (Phi) is 2.52. The van der Waals surface area contributed by atoms with Gasteiger partial charge in [-0.3, -0.25) is 0 Å². The number of aromatic nitrogens is 2. The molecule has 4 nitrogen and oxygen atoms in total. The molecule has 3 rings (SSSR count). The number of para-hydroxylation sites is 1. The van der Waals surface area contributed by atoms with Crippen LogP contribution in [-0.4, -0.2) is 47.6 Å². The van der Waals surface area contributed by atoms with E-state index in [1.54, 1.807) is 6.33 Å². The molecular formula is C13H18N4. The highest BCUT2D eigenvalue weighted by molar-refractivity contribution is 5.88. The summed E-state index contributed by atoms with van der Waals surface area (Å²) in [4.78, 5) is 12.4. The number of nitrogens with zero attached hydrogens (tertiary/aromatic N) is 3. The molecule has 0 amide bonds. The number of anilines is 1. The third kappa shape index (κ3) is 1.78. The van der Waals surface area contributed by atoms with E-state index in [2.05, 4.69) is 51.9 Å². The largest absolute Gasteiger partial charge is 0.367 e. The second kappa shape index (κ2) is 4.04. The molecule has 4 heteroatoms. The number of likely N-dealkylation sites (N-methyl/N-ethyl adjacent to an activating group) is 1. The molecule has 0 spiro atoms. The van der Waals surface area contributed by atoms with Crippen molar-refractivity contribution in [1.29, 1.82) is 0 Å². The zero-order chi connectivity index (χ0) is 11.8. The molecule has 0 radical (unpaired) electrons. The quantitative estimate of drug-likeness (QED) is 0.810. The Morgan fingerprint density at radius 3 is 3.06 bits per heavy atom. The fourth-order valence-corrected chi connectivity index (χ4v) is 2.47. The number of nitrogens with one attached hydrogen (secondary N) is 1. The van der Waals surface area contributed by atoms with Gasteiger partial charge in [-0.2, -0.15) is 0 Å². The number of rotatable bonds is 1. The molecule has 1 fully saturated rings. The standard InChI is InChI=1S/C13H18N4/c1-10-8-17(7-6-16(10)2)12-5-3-4-11-13(12)15-9-14-11/h3-5,9-10H,6-8H2,1-2H3,(H,14,15). The summed E-state index contributed by atoms with van der Waals surface area (Å²) in [5, 5.41) is 0. The molecule has 2 aromatic rings. The summed E-state index contributed by atoms with van der Waals surface area (Å²) in [5.74, 6) is 0. The Hall–Kier alpha value is -1.55. The summed E-state index contributed by atoms with van der Waals surface area (Å²) in [5.41, 5.74) is 3.46. The van der Waals surface area contributed by atoms with Crippen LogP contribution in [0, 0.1) is 0 Å². The SMILES string of the molecule is CC1CN(c2cccc3[nH]cnc23)CCN1C. The smallest absolute Gasteiger partial charge is 0.112 e. The highest BCUT2D eigenvalue weighted by Gasteiger charge is 2.22. The fraction of sp³-hybridized carbons (Fsp3) is 0.462. The van der Waals surface area contributed by atoms with Crippen molar-refractivity contribution in [3.8, 4) is 0 Å². The molecule has 0 saturated carbocycles. The lowest BCUT2D eigenvalue weighted by Crippen LogP contribution is -2.50. The highest BCUT2D eigenvalue weighted by atomic mass is 15.3. The van der Waals surface area contributed by atoms with Crippen LogP contribution in [-0.2, 0) is 0 Å². The van der Waals surface area contributed by atoms with E-state index >= 15 is 0 Å². The summed E-state index contributed by atoms with van der Waals surface area (Å²) in [6, 6.07) is 6.93. The molecule has 1 aliphatic rings. The summed E-state index contributed by atoms with van der Waals surface area (Å²) in [6.07, 6.45) is 1.77. The van der Waals surface area contributed by atoms with Crippen LogP contribution in [0.25, 0.3) is 11.0 Å². The number of imidazole rings is 1. The first-order valence-corrected chi connectivity index (χ1v) is 6.13. The van der Waals surface area contributed by atoms with E-state index in [-0.39, 0.29) is 0 Å². The molecule has 1 N–H and O–H groups in total. The maximum atomic E-state index is 4.43. The monoisotopic (exact) mass is 230 g/mol. The molecule has 1 aromatic heterocycles. The van der Waals surface area contributed by atoms with Crippen molar-refractivity contribution in [2.75, 3.05) is 31.6 Å². The predicted molar refractivity (Wildman–Crippen MR) is 70.4 cm³/mol. The number of H-pyrrole nitrogens is 1. The van der Waals surface area contributed by atoms with E-state index in [0.717, 1.165) is 30.7 Å². The Balaban J connectivity index is 1.96. The van der Waals surface area contributed by atoms with Gasteiger partial charge in [0.25, 0.3) is 0 Å². The molecule has 1 aliphatic heterocycles. The normalized spacial score (nSPS) is 22.2. The summed E-state index contributed by atoms with van der Waals surface area (Å²) in [7, 11) is 2.19. The number of hydrogen-bond donors (Lipinski definition) is 1. The van der Waals surface area contributed by atoms with Crippen molar-refractivity contribution in [3.63, 3.8) is 0 Å². The minimum Gasteiger partial charge on any atom is -0.367 e. The maximum absolute atomic E-state index is 4.43. The molecule has 1 unspecified atom stereocenters. The third-order valence-electron chi connectivity index (χ3n) is 3.73. The number of piperazine rings is 1. The molecule has 17 heavy (non-hydrogen) atoms. The number of aromatic amines is 1. The van der Waals surface area contributed by atoms with Gasteiger partial charge in [0.05, 0.1) is 17.5 Å². The maximum Gasteiger partial charge on any atom is 0.112 e. The molecule has 1 saturated heterocycles. The van der Waals surface area contributed by atoms with Gasteiger partial charge in [0.2, 0.25) is 0 Å². The van der Waals surface area contributed by atoms with E-state index in [9.17, 15) is 0 Å². The Morgan fingerprint density at radius 1 is 1.35 bits per heavy atom. The summed E-state index contributed by atoms with van der Waals surface area (Å²) < 4.78 is 0. The van der Waals surface area contributed by atoms with Crippen molar-refractivity contribution >= 4 is 16.7 Å². The van der Waals surface area contributed by atoms with Crippen LogP contribution < -0.4 is 4.90 Å². The van der Waals surface area contributed by atoms with Gasteiger partial charge < -0.3 is 14.8 Å². The molecule has 90 valence electrons. The van der Waals surface area contributed by atoms with Crippen molar-refractivity contribution in [3.05, 3.63) is 24.5 Å². The minimum atomic E-state index is 0.595. The Morgan fingerprint density at radius 2 is 2.24 bits per heavy atom. The molecule has 0 aliphatic carbocycles. The summed E-state index contributed by atoms with van der Waals surface area (Å²) >= 11 is 0. The van der Waals surface area contributed by atoms with Gasteiger partial charge in [0, 0.05) is 25.7 Å². The lowest BCUT2D eigenvalue weighted by atomic mass is 10.1. The first-order chi connectivity index (χ1) is 8.25. The zero-order valence-corrected chi connectivity index (χ0v) is 10.3. The first-order valence-electron chi connectivity index (χ1n) is 6.13. The molecular weight excluding hydrogens is 212 g/mol. The van der Waals surface area contributed by atoms with Crippen molar-refractivity contribution in [2.24, 2.45) is 0 Å². The number of benzene rings is 1. The first kappa shape index (κ1) is 10.6. The van der Waals surface area contributed by atoms with Crippen LogP contribution in [0.5, 0.6) is 0 Å². The van der Waals surface area contributed by atoms with Crippen molar-refractivity contribution in [1.82, 2.24) is 14.9 Å². The third-order valence-corrected chi connectivity index (χ3v) is 3.73. The topological polar surface area (TPSA) is 35.2 Å². The van der Waals surface area contributed by atoms with Gasteiger partial charge in [-0.1, -0.05) is 6.07 Å². The van der Waals surface area contributed by atoms with E-state index in [4.69, 9.17) is 0 Å². The Bertz CT molecular complexity index is 519. The Labute approximate surface area is 101 Å². The lowest BCUT2D eigenvalue weighted by molar-refractivity contribution is 0.234. The highest BCUT2D eigenvalue weighted by Crippen LogP contribution is 2.25. The average Bonchev–Trinajstić information content (AvgIpc) is 2.80. The van der Waals surface area contributed by atoms with E-state index < -0.39 is 0 Å². The zero-order valence-electron chi connectivity index (χ0n) is 10.3.